The summed E-state index contributed by atoms with van der Waals surface area (Å²) in [5.74, 6) is 0.373. The fraction of sp³-hybridized carbons (Fsp3) is 0.810. The molecule has 0 aliphatic heterocycles. The summed E-state index contributed by atoms with van der Waals surface area (Å²) in [6, 6.07) is 0. The minimum absolute atomic E-state index is 0.0581. The highest BCUT2D eigenvalue weighted by atomic mass is 16.5. The van der Waals surface area contributed by atoms with Crippen molar-refractivity contribution in [2.45, 2.75) is 78.1 Å². The van der Waals surface area contributed by atoms with Crippen LogP contribution in [0.2, 0.25) is 0 Å². The van der Waals surface area contributed by atoms with Crippen LogP contribution >= 0.6 is 0 Å². The Hall–Kier alpha value is -0.640. The Kier molecular flexibility index (Phi) is 4.30. The van der Waals surface area contributed by atoms with Crippen molar-refractivity contribution in [3.05, 3.63) is 23.8 Å². The number of hydrogen-bond acceptors (Lipinski definition) is 3. The summed E-state index contributed by atoms with van der Waals surface area (Å²) in [7, 11) is 1.75. The van der Waals surface area contributed by atoms with Gasteiger partial charge in [0.05, 0.1) is 18.3 Å². The summed E-state index contributed by atoms with van der Waals surface area (Å²) >= 11 is 0. The first-order valence-corrected chi connectivity index (χ1v) is 9.37. The lowest BCUT2D eigenvalue weighted by Gasteiger charge is -2.60. The van der Waals surface area contributed by atoms with Crippen LogP contribution in [-0.2, 0) is 4.74 Å². The molecule has 3 rings (SSSR count). The fourth-order valence-corrected chi connectivity index (χ4v) is 5.93. The van der Waals surface area contributed by atoms with Crippen LogP contribution in [0.5, 0.6) is 0 Å². The molecule has 3 aliphatic carbocycles. The molecule has 1 saturated carbocycles. The van der Waals surface area contributed by atoms with Crippen molar-refractivity contribution >= 4 is 0 Å². The van der Waals surface area contributed by atoms with Gasteiger partial charge in [0.2, 0.25) is 0 Å². The van der Waals surface area contributed by atoms with Crippen LogP contribution in [0.15, 0.2) is 23.8 Å². The van der Waals surface area contributed by atoms with Crippen molar-refractivity contribution in [2.24, 2.45) is 22.2 Å². The molecule has 0 aromatic carbocycles. The third-order valence-corrected chi connectivity index (χ3v) is 7.80. The predicted octanol–water partition coefficient (Wildman–Crippen LogP) is 3.85. The molecule has 0 unspecified atom stereocenters. The van der Waals surface area contributed by atoms with Crippen LogP contribution in [0.4, 0.5) is 0 Å². The summed E-state index contributed by atoms with van der Waals surface area (Å²) in [6.45, 7) is 12.9. The summed E-state index contributed by atoms with van der Waals surface area (Å²) < 4.78 is 5.86. The quantitative estimate of drug-likeness (QED) is 0.754. The van der Waals surface area contributed by atoms with E-state index in [0.29, 0.717) is 5.92 Å². The van der Waals surface area contributed by atoms with E-state index in [1.165, 1.54) is 5.57 Å². The summed E-state index contributed by atoms with van der Waals surface area (Å²) in [6.07, 6.45) is 5.47. The van der Waals surface area contributed by atoms with Crippen molar-refractivity contribution < 1.29 is 14.9 Å². The lowest BCUT2D eigenvalue weighted by molar-refractivity contribution is -0.114. The monoisotopic (exact) mass is 334 g/mol. The SMILES string of the molecule is C=C[C@@]1(C)CCC2=C([C@@H](OC)C[C@@H]3C(C)(C)CC[C@@H](O)[C@@]23C)[C@H]1O. The molecule has 0 radical (unpaired) electrons. The summed E-state index contributed by atoms with van der Waals surface area (Å²) in [5, 5.41) is 22.1. The zero-order valence-corrected chi connectivity index (χ0v) is 15.9. The molecule has 24 heavy (non-hydrogen) atoms. The Morgan fingerprint density at radius 3 is 2.42 bits per heavy atom. The Balaban J connectivity index is 2.18. The molecule has 0 heterocycles. The van der Waals surface area contributed by atoms with Crippen molar-refractivity contribution in [3.63, 3.8) is 0 Å². The Morgan fingerprint density at radius 1 is 1.17 bits per heavy atom. The molecule has 0 spiro atoms. The van der Waals surface area contributed by atoms with E-state index in [1.54, 1.807) is 7.11 Å². The molecule has 136 valence electrons. The predicted molar refractivity (Wildman–Crippen MR) is 96.6 cm³/mol. The van der Waals surface area contributed by atoms with Gasteiger partial charge in [0.1, 0.15) is 0 Å². The maximum Gasteiger partial charge on any atom is 0.0865 e. The molecular weight excluding hydrogens is 300 g/mol. The highest BCUT2D eigenvalue weighted by Crippen LogP contribution is 2.63. The smallest absolute Gasteiger partial charge is 0.0865 e. The van der Waals surface area contributed by atoms with Crippen LogP contribution in [-0.4, -0.2) is 35.6 Å². The Labute approximate surface area is 146 Å². The first kappa shape index (κ1) is 18.2. The van der Waals surface area contributed by atoms with E-state index in [9.17, 15) is 10.2 Å². The number of aliphatic hydroxyl groups excluding tert-OH is 2. The van der Waals surface area contributed by atoms with E-state index in [1.807, 2.05) is 6.08 Å². The van der Waals surface area contributed by atoms with Gasteiger partial charge in [-0.05, 0) is 49.0 Å². The van der Waals surface area contributed by atoms with Gasteiger partial charge in [-0.1, -0.05) is 39.3 Å². The lowest BCUT2D eigenvalue weighted by Crippen LogP contribution is -2.58. The maximum atomic E-state index is 11.2. The molecular formula is C21H34O3. The molecule has 3 nitrogen and oxygen atoms in total. The van der Waals surface area contributed by atoms with E-state index in [0.717, 1.165) is 37.7 Å². The van der Waals surface area contributed by atoms with Gasteiger partial charge in [0, 0.05) is 17.9 Å². The summed E-state index contributed by atoms with van der Waals surface area (Å²) in [4.78, 5) is 0. The number of rotatable bonds is 2. The van der Waals surface area contributed by atoms with Gasteiger partial charge < -0.3 is 14.9 Å². The van der Waals surface area contributed by atoms with Crippen LogP contribution in [0.1, 0.15) is 59.8 Å². The molecule has 0 saturated heterocycles. The number of aliphatic hydroxyl groups is 2. The molecule has 1 fully saturated rings. The second-order valence-corrected chi connectivity index (χ2v) is 9.38. The number of hydrogen-bond donors (Lipinski definition) is 2. The Morgan fingerprint density at radius 2 is 1.83 bits per heavy atom. The van der Waals surface area contributed by atoms with Gasteiger partial charge in [0.15, 0.2) is 0 Å². The van der Waals surface area contributed by atoms with Gasteiger partial charge in [0.25, 0.3) is 0 Å². The second kappa shape index (κ2) is 5.69. The van der Waals surface area contributed by atoms with Crippen molar-refractivity contribution in [1.29, 1.82) is 0 Å². The minimum atomic E-state index is -0.571. The molecule has 3 heteroatoms. The Bertz CT molecular complexity index is 563. The zero-order valence-electron chi connectivity index (χ0n) is 15.9. The van der Waals surface area contributed by atoms with Gasteiger partial charge in [-0.25, -0.2) is 0 Å². The average Bonchev–Trinajstić information content (AvgIpc) is 2.55. The van der Waals surface area contributed by atoms with E-state index in [-0.39, 0.29) is 28.5 Å². The number of methoxy groups -OCH3 is 1. The van der Waals surface area contributed by atoms with Gasteiger partial charge >= 0.3 is 0 Å². The topological polar surface area (TPSA) is 49.7 Å². The molecule has 0 bridgehead atoms. The molecule has 2 N–H and O–H groups in total. The van der Waals surface area contributed by atoms with Gasteiger partial charge in [-0.3, -0.25) is 0 Å². The third-order valence-electron chi connectivity index (χ3n) is 7.80. The summed E-state index contributed by atoms with van der Waals surface area (Å²) in [5.41, 5.74) is 1.90. The standard InChI is InChI=1S/C21H34O3/c1-7-20(4)11-8-13-17(18(20)23)14(24-6)12-15-19(2,3)10-9-16(22)21(13,15)5/h7,14-16,18,22-23H,1,8-12H2,2-6H3/t14-,15+,16+,18+,20-,21-/m0/s1. The highest BCUT2D eigenvalue weighted by Gasteiger charge is 2.59. The van der Waals surface area contributed by atoms with E-state index in [4.69, 9.17) is 4.74 Å². The number of fused-ring (bicyclic) bond motifs is 2. The van der Waals surface area contributed by atoms with Gasteiger partial charge in [-0.15, -0.1) is 6.58 Å². The van der Waals surface area contributed by atoms with Crippen LogP contribution in [0.3, 0.4) is 0 Å². The van der Waals surface area contributed by atoms with Crippen molar-refractivity contribution in [2.75, 3.05) is 7.11 Å². The van der Waals surface area contributed by atoms with Crippen LogP contribution < -0.4 is 0 Å². The second-order valence-electron chi connectivity index (χ2n) is 9.38. The zero-order chi connectivity index (χ0) is 17.9. The highest BCUT2D eigenvalue weighted by molar-refractivity contribution is 5.39. The largest absolute Gasteiger partial charge is 0.392 e. The normalized spacial score (nSPS) is 47.8. The first-order valence-electron chi connectivity index (χ1n) is 9.37. The molecule has 3 aliphatic rings. The molecule has 0 aromatic rings. The lowest BCUT2D eigenvalue weighted by atomic mass is 9.46. The van der Waals surface area contributed by atoms with E-state index in [2.05, 4.69) is 34.3 Å². The molecule has 0 aromatic heterocycles. The first-order chi connectivity index (χ1) is 11.1. The molecule has 6 atom stereocenters. The van der Waals surface area contributed by atoms with Crippen molar-refractivity contribution in [1.82, 2.24) is 0 Å². The van der Waals surface area contributed by atoms with Crippen molar-refractivity contribution in [3.8, 4) is 0 Å². The van der Waals surface area contributed by atoms with E-state index < -0.39 is 6.10 Å². The molecule has 0 amide bonds. The van der Waals surface area contributed by atoms with Gasteiger partial charge in [-0.2, -0.15) is 0 Å². The van der Waals surface area contributed by atoms with E-state index >= 15 is 0 Å². The maximum absolute atomic E-state index is 11.2. The van der Waals surface area contributed by atoms with Crippen LogP contribution in [0.25, 0.3) is 0 Å². The minimum Gasteiger partial charge on any atom is -0.392 e. The third kappa shape index (κ3) is 2.28. The number of ether oxygens (including phenoxy) is 1. The average molecular weight is 334 g/mol. The van der Waals surface area contributed by atoms with Crippen LogP contribution in [0, 0.1) is 22.2 Å². The fourth-order valence-electron chi connectivity index (χ4n) is 5.93.